The van der Waals surface area contributed by atoms with Crippen molar-refractivity contribution in [3.05, 3.63) is 78.4 Å². The van der Waals surface area contributed by atoms with Gasteiger partial charge in [0, 0.05) is 71.9 Å². The first-order valence-corrected chi connectivity index (χ1v) is 12.8. The maximum atomic E-state index is 12.6. The van der Waals surface area contributed by atoms with Crippen LogP contribution in [0.2, 0.25) is 0 Å². The molecule has 0 radical (unpaired) electrons. The summed E-state index contributed by atoms with van der Waals surface area (Å²) in [5.41, 5.74) is 12.9. The lowest BCUT2D eigenvalue weighted by atomic mass is 9.99. The topological polar surface area (TPSA) is 76.6 Å². The summed E-state index contributed by atoms with van der Waals surface area (Å²) in [5.74, 6) is 0.324. The highest BCUT2D eigenvalue weighted by Crippen LogP contribution is 2.38. The Labute approximate surface area is 222 Å². The zero-order valence-corrected chi connectivity index (χ0v) is 21.9. The minimum absolute atomic E-state index is 0.462. The van der Waals surface area contributed by atoms with E-state index in [1.165, 1.54) is 0 Å². The van der Waals surface area contributed by atoms with E-state index < -0.39 is 5.91 Å². The number of pyridine rings is 1. The van der Waals surface area contributed by atoms with Crippen molar-refractivity contribution >= 4 is 33.4 Å². The molecule has 3 heterocycles. The van der Waals surface area contributed by atoms with Gasteiger partial charge in [0.25, 0.3) is 0 Å². The second kappa shape index (κ2) is 9.50. The van der Waals surface area contributed by atoms with E-state index in [2.05, 4.69) is 58.8 Å². The van der Waals surface area contributed by atoms with Crippen LogP contribution in [0.15, 0.2) is 72.8 Å². The largest absolute Gasteiger partial charge is 0.497 e. The molecule has 192 valence electrons. The summed E-state index contributed by atoms with van der Waals surface area (Å²) in [4.78, 5) is 22.5. The smallest absolute Gasteiger partial charge is 0.249 e. The number of hydrogen-bond donors (Lipinski definition) is 1. The summed E-state index contributed by atoms with van der Waals surface area (Å²) in [6.45, 7) is 3.85. The molecule has 0 unspecified atom stereocenters. The van der Waals surface area contributed by atoms with Crippen LogP contribution in [0, 0.1) is 0 Å². The van der Waals surface area contributed by atoms with Crippen molar-refractivity contribution in [2.24, 2.45) is 12.8 Å². The molecule has 7 nitrogen and oxygen atoms in total. The number of carbonyl (C=O) groups excluding carboxylic acids is 1. The number of aryl methyl sites for hydroxylation is 1. The molecule has 0 bridgehead atoms. The van der Waals surface area contributed by atoms with Gasteiger partial charge in [-0.15, -0.1) is 0 Å². The lowest BCUT2D eigenvalue weighted by Crippen LogP contribution is -2.44. The van der Waals surface area contributed by atoms with Gasteiger partial charge in [-0.3, -0.25) is 4.79 Å². The molecular weight excluding hydrogens is 474 g/mol. The molecule has 38 heavy (non-hydrogen) atoms. The van der Waals surface area contributed by atoms with Crippen LogP contribution in [0.4, 0.5) is 5.69 Å². The second-order valence-corrected chi connectivity index (χ2v) is 9.94. The predicted molar refractivity (Wildman–Crippen MR) is 154 cm³/mol. The van der Waals surface area contributed by atoms with E-state index in [9.17, 15) is 4.79 Å². The Morgan fingerprint density at radius 2 is 1.63 bits per heavy atom. The van der Waals surface area contributed by atoms with E-state index >= 15 is 0 Å². The molecule has 0 atom stereocenters. The normalized spacial score (nSPS) is 14.3. The van der Waals surface area contributed by atoms with Gasteiger partial charge in [-0.2, -0.15) is 0 Å². The molecule has 2 N–H and O–H groups in total. The fourth-order valence-corrected chi connectivity index (χ4v) is 5.51. The summed E-state index contributed by atoms with van der Waals surface area (Å²) in [6.07, 6.45) is 0. The molecule has 1 aliphatic rings. The van der Waals surface area contributed by atoms with Crippen LogP contribution in [-0.2, 0) is 7.05 Å². The highest BCUT2D eigenvalue weighted by Gasteiger charge is 2.21. The number of piperazine rings is 1. The highest BCUT2D eigenvalue weighted by molar-refractivity contribution is 6.13. The standard InChI is InChI=1S/C31H31N5O2/c1-34-14-16-36(17-15-34)21-10-13-24(31(32)37)25(18-21)27-19-26-23-6-4-5-7-28(23)35(2)30(26)29(33-27)20-8-11-22(38-3)12-9-20/h4-13,18-19H,14-17H2,1-3H3,(H2,32,37). The summed E-state index contributed by atoms with van der Waals surface area (Å²) >= 11 is 0. The highest BCUT2D eigenvalue weighted by atomic mass is 16.5. The molecule has 6 rings (SSSR count). The SMILES string of the molecule is COc1ccc(-c2nc(-c3cc(N4CCN(C)CC4)ccc3C(N)=O)cc3c4ccccc4n(C)c23)cc1. The monoisotopic (exact) mass is 505 g/mol. The van der Waals surface area contributed by atoms with Crippen LogP contribution in [0.3, 0.4) is 0 Å². The lowest BCUT2D eigenvalue weighted by molar-refractivity contribution is 0.100. The minimum Gasteiger partial charge on any atom is -0.497 e. The maximum absolute atomic E-state index is 12.6. The van der Waals surface area contributed by atoms with Crippen molar-refractivity contribution in [2.45, 2.75) is 0 Å². The summed E-state index contributed by atoms with van der Waals surface area (Å²) in [6, 6.07) is 24.3. The number of benzene rings is 3. The van der Waals surface area contributed by atoms with Gasteiger partial charge < -0.3 is 24.8 Å². The van der Waals surface area contributed by atoms with Gasteiger partial charge in [0.1, 0.15) is 5.75 Å². The molecule has 1 amide bonds. The number of para-hydroxylation sites is 1. The lowest BCUT2D eigenvalue weighted by Gasteiger charge is -2.34. The first-order valence-electron chi connectivity index (χ1n) is 12.8. The molecule has 0 saturated carbocycles. The predicted octanol–water partition coefficient (Wildman–Crippen LogP) is 4.92. The van der Waals surface area contributed by atoms with E-state index in [0.29, 0.717) is 5.56 Å². The third-order valence-electron chi connectivity index (χ3n) is 7.66. The minimum atomic E-state index is -0.462. The molecule has 0 spiro atoms. The third kappa shape index (κ3) is 4.05. The quantitative estimate of drug-likeness (QED) is 0.367. The van der Waals surface area contributed by atoms with Gasteiger partial charge in [-0.1, -0.05) is 18.2 Å². The van der Waals surface area contributed by atoms with Gasteiger partial charge >= 0.3 is 0 Å². The Bertz CT molecular complexity index is 1660. The Kier molecular flexibility index (Phi) is 6.00. The summed E-state index contributed by atoms with van der Waals surface area (Å²) < 4.78 is 7.58. The van der Waals surface area contributed by atoms with Gasteiger partial charge in [0.15, 0.2) is 0 Å². The van der Waals surface area contributed by atoms with Crippen molar-refractivity contribution in [2.75, 3.05) is 45.2 Å². The number of anilines is 1. The van der Waals surface area contributed by atoms with Crippen LogP contribution < -0.4 is 15.4 Å². The number of primary amides is 1. The van der Waals surface area contributed by atoms with E-state index in [-0.39, 0.29) is 0 Å². The van der Waals surface area contributed by atoms with Crippen LogP contribution in [-0.4, -0.2) is 60.7 Å². The van der Waals surface area contributed by atoms with Gasteiger partial charge in [0.05, 0.1) is 24.0 Å². The van der Waals surface area contributed by atoms with E-state index in [1.807, 2.05) is 42.5 Å². The number of fused-ring (bicyclic) bond motifs is 3. The third-order valence-corrected chi connectivity index (χ3v) is 7.66. The maximum Gasteiger partial charge on any atom is 0.249 e. The zero-order chi connectivity index (χ0) is 26.4. The molecule has 5 aromatic rings. The first kappa shape index (κ1) is 24.0. The van der Waals surface area contributed by atoms with E-state index in [1.54, 1.807) is 7.11 Å². The van der Waals surface area contributed by atoms with Gasteiger partial charge in [-0.05, 0) is 61.6 Å². The van der Waals surface area contributed by atoms with E-state index in [4.69, 9.17) is 15.5 Å². The zero-order valence-electron chi connectivity index (χ0n) is 21.9. The number of ether oxygens (including phenoxy) is 1. The molecule has 7 heteroatoms. The van der Waals surface area contributed by atoms with Crippen molar-refractivity contribution in [3.63, 3.8) is 0 Å². The second-order valence-electron chi connectivity index (χ2n) is 9.94. The Morgan fingerprint density at radius 3 is 2.34 bits per heavy atom. The van der Waals surface area contributed by atoms with Gasteiger partial charge in [-0.25, -0.2) is 4.98 Å². The summed E-state index contributed by atoms with van der Waals surface area (Å²) in [5, 5.41) is 2.22. The van der Waals surface area contributed by atoms with Crippen LogP contribution >= 0.6 is 0 Å². The number of rotatable bonds is 5. The van der Waals surface area contributed by atoms with Crippen LogP contribution in [0.25, 0.3) is 44.3 Å². The van der Waals surface area contributed by atoms with Crippen molar-refractivity contribution in [3.8, 4) is 28.3 Å². The average Bonchev–Trinajstić information content (AvgIpc) is 3.24. The number of carbonyl (C=O) groups is 1. The Hall–Kier alpha value is -4.36. The Balaban J connectivity index is 1.61. The number of likely N-dealkylation sites (N-methyl/N-ethyl adjacent to an activating group) is 1. The number of methoxy groups -OCH3 is 1. The molecule has 2 aromatic heterocycles. The van der Waals surface area contributed by atoms with Crippen LogP contribution in [0.5, 0.6) is 5.75 Å². The fourth-order valence-electron chi connectivity index (χ4n) is 5.51. The number of nitrogens with zero attached hydrogens (tertiary/aromatic N) is 4. The first-order chi connectivity index (χ1) is 18.4. The van der Waals surface area contributed by atoms with Gasteiger partial charge in [0.2, 0.25) is 5.91 Å². The fraction of sp³-hybridized carbons (Fsp3) is 0.226. The average molecular weight is 506 g/mol. The van der Waals surface area contributed by atoms with Crippen LogP contribution in [0.1, 0.15) is 10.4 Å². The molecule has 3 aromatic carbocycles. The number of hydrogen-bond acceptors (Lipinski definition) is 5. The molecule has 0 aliphatic carbocycles. The van der Waals surface area contributed by atoms with Crippen molar-refractivity contribution in [1.82, 2.24) is 14.5 Å². The van der Waals surface area contributed by atoms with E-state index in [0.717, 1.165) is 81.9 Å². The number of amides is 1. The summed E-state index contributed by atoms with van der Waals surface area (Å²) in [7, 11) is 5.87. The molecule has 1 aliphatic heterocycles. The van der Waals surface area contributed by atoms with Crippen molar-refractivity contribution < 1.29 is 9.53 Å². The Morgan fingerprint density at radius 1 is 0.895 bits per heavy atom. The molecule has 1 fully saturated rings. The number of aromatic nitrogens is 2. The number of nitrogens with two attached hydrogens (primary N) is 1. The molecule has 1 saturated heterocycles. The molecular formula is C31H31N5O2. The van der Waals surface area contributed by atoms with Crippen molar-refractivity contribution in [1.29, 1.82) is 0 Å².